The van der Waals surface area contributed by atoms with Gasteiger partial charge >= 0.3 is 0 Å². The van der Waals surface area contributed by atoms with Gasteiger partial charge in [-0.15, -0.1) is 0 Å². The van der Waals surface area contributed by atoms with E-state index < -0.39 is 0 Å². The average molecular weight is 502 g/mol. The van der Waals surface area contributed by atoms with E-state index in [-0.39, 0.29) is 0 Å². The fourth-order valence-electron chi connectivity index (χ4n) is 5.68. The lowest BCUT2D eigenvalue weighted by molar-refractivity contribution is 0.669. The zero-order valence-corrected chi connectivity index (χ0v) is 21.0. The molecule has 0 atom stereocenters. The largest absolute Gasteiger partial charge is 0.456 e. The van der Waals surface area contributed by atoms with Crippen LogP contribution >= 0.6 is 0 Å². The minimum Gasteiger partial charge on any atom is -0.456 e. The number of rotatable bonds is 4. The first-order valence-corrected chi connectivity index (χ1v) is 13.1. The van der Waals surface area contributed by atoms with Gasteiger partial charge in [0.25, 0.3) is 0 Å². The van der Waals surface area contributed by atoms with Crippen molar-refractivity contribution in [2.24, 2.45) is 0 Å². The van der Waals surface area contributed by atoms with Gasteiger partial charge in [-0.25, -0.2) is 0 Å². The fourth-order valence-corrected chi connectivity index (χ4v) is 5.68. The summed E-state index contributed by atoms with van der Waals surface area (Å²) in [6.07, 6.45) is 0. The molecule has 0 spiro atoms. The van der Waals surface area contributed by atoms with Gasteiger partial charge in [-0.3, -0.25) is 0 Å². The lowest BCUT2D eigenvalue weighted by Crippen LogP contribution is -2.11. The number of benzene rings is 6. The van der Waals surface area contributed by atoms with E-state index in [2.05, 4.69) is 114 Å². The number of para-hydroxylation sites is 3. The molecule has 8 rings (SSSR count). The van der Waals surface area contributed by atoms with Crippen molar-refractivity contribution in [3.8, 4) is 11.1 Å². The van der Waals surface area contributed by atoms with Gasteiger partial charge in [0.05, 0.1) is 5.69 Å². The predicted molar refractivity (Wildman–Crippen MR) is 161 cm³/mol. The van der Waals surface area contributed by atoms with Crippen LogP contribution in [0.15, 0.2) is 148 Å². The van der Waals surface area contributed by atoms with Crippen LogP contribution in [0.3, 0.4) is 0 Å². The molecule has 2 aromatic heterocycles. The van der Waals surface area contributed by atoms with Gasteiger partial charge in [-0.1, -0.05) is 91.0 Å². The number of fused-ring (bicyclic) bond motifs is 6. The van der Waals surface area contributed by atoms with Crippen LogP contribution in [0, 0.1) is 0 Å². The molecule has 0 aliphatic carbocycles. The Balaban J connectivity index is 1.49. The van der Waals surface area contributed by atoms with Crippen LogP contribution < -0.4 is 4.90 Å². The second-order valence-corrected chi connectivity index (χ2v) is 9.75. The Morgan fingerprint density at radius 3 is 1.79 bits per heavy atom. The number of hydrogen-bond acceptors (Lipinski definition) is 3. The lowest BCUT2D eigenvalue weighted by Gasteiger charge is -2.28. The molecule has 6 aromatic carbocycles. The summed E-state index contributed by atoms with van der Waals surface area (Å²) in [6.45, 7) is 0. The van der Waals surface area contributed by atoms with Crippen molar-refractivity contribution in [2.75, 3.05) is 4.90 Å². The second kappa shape index (κ2) is 8.64. The first-order chi connectivity index (χ1) is 19.3. The Kier molecular flexibility index (Phi) is 4.82. The van der Waals surface area contributed by atoms with Gasteiger partial charge < -0.3 is 13.7 Å². The van der Waals surface area contributed by atoms with E-state index in [1.165, 1.54) is 0 Å². The maximum Gasteiger partial charge on any atom is 0.160 e. The first-order valence-electron chi connectivity index (χ1n) is 13.1. The fraction of sp³-hybridized carbons (Fsp3) is 0. The highest BCUT2D eigenvalue weighted by Crippen LogP contribution is 2.48. The maximum atomic E-state index is 6.65. The second-order valence-electron chi connectivity index (χ2n) is 9.75. The highest BCUT2D eigenvalue weighted by Gasteiger charge is 2.24. The Morgan fingerprint density at radius 1 is 0.410 bits per heavy atom. The van der Waals surface area contributed by atoms with Crippen molar-refractivity contribution < 1.29 is 8.83 Å². The van der Waals surface area contributed by atoms with Crippen LogP contribution in [-0.4, -0.2) is 0 Å². The Hall–Kier alpha value is -5.28. The van der Waals surface area contributed by atoms with Crippen LogP contribution in [0.5, 0.6) is 0 Å². The van der Waals surface area contributed by atoms with Crippen molar-refractivity contribution in [1.82, 2.24) is 0 Å². The zero-order chi connectivity index (χ0) is 25.8. The van der Waals surface area contributed by atoms with Gasteiger partial charge in [0.15, 0.2) is 5.58 Å². The first kappa shape index (κ1) is 21.8. The summed E-state index contributed by atoms with van der Waals surface area (Å²) in [6, 6.07) is 48.3. The molecular weight excluding hydrogens is 478 g/mol. The minimum absolute atomic E-state index is 0.860. The van der Waals surface area contributed by atoms with E-state index in [9.17, 15) is 0 Å². The average Bonchev–Trinajstić information content (AvgIpc) is 3.57. The Bertz CT molecular complexity index is 2120. The summed E-state index contributed by atoms with van der Waals surface area (Å²) in [5, 5.41) is 4.39. The van der Waals surface area contributed by atoms with E-state index in [0.29, 0.717) is 0 Å². The van der Waals surface area contributed by atoms with Crippen LogP contribution in [-0.2, 0) is 0 Å². The number of anilines is 3. The topological polar surface area (TPSA) is 29.5 Å². The smallest absolute Gasteiger partial charge is 0.160 e. The standard InChI is InChI=1S/C36H23NO2/c1-3-11-24(12-4-1)27-20-21-30-28-15-7-10-18-33(28)39-36(30)35(27)37(25-13-5-2-6-14-25)26-19-22-34-31(23-26)29-16-8-9-17-32(29)38-34/h1-23H. The highest BCUT2D eigenvalue weighted by atomic mass is 16.3. The quantitative estimate of drug-likeness (QED) is 0.240. The van der Waals surface area contributed by atoms with Gasteiger partial charge in [0, 0.05) is 38.5 Å². The maximum absolute atomic E-state index is 6.65. The molecule has 0 radical (unpaired) electrons. The van der Waals surface area contributed by atoms with Gasteiger partial charge in [-0.05, 0) is 54.1 Å². The van der Waals surface area contributed by atoms with Gasteiger partial charge in [0.1, 0.15) is 16.7 Å². The van der Waals surface area contributed by atoms with E-state index in [1.807, 2.05) is 30.3 Å². The van der Waals surface area contributed by atoms with Crippen molar-refractivity contribution in [1.29, 1.82) is 0 Å². The van der Waals surface area contributed by atoms with E-state index in [0.717, 1.165) is 72.1 Å². The number of hydrogen-bond donors (Lipinski definition) is 0. The van der Waals surface area contributed by atoms with Crippen LogP contribution in [0.4, 0.5) is 17.1 Å². The zero-order valence-electron chi connectivity index (χ0n) is 21.0. The van der Waals surface area contributed by atoms with Crippen molar-refractivity contribution in [2.45, 2.75) is 0 Å². The molecule has 0 amide bonds. The van der Waals surface area contributed by atoms with E-state index in [4.69, 9.17) is 8.83 Å². The SMILES string of the molecule is c1ccc(-c2ccc3c(oc4ccccc43)c2N(c2ccccc2)c2ccc3oc4ccccc4c3c2)cc1. The summed E-state index contributed by atoms with van der Waals surface area (Å²) in [5.41, 5.74) is 8.82. The Morgan fingerprint density at radius 2 is 1.03 bits per heavy atom. The normalized spacial score (nSPS) is 11.6. The molecule has 0 aliphatic heterocycles. The molecule has 0 bridgehead atoms. The van der Waals surface area contributed by atoms with E-state index in [1.54, 1.807) is 0 Å². The van der Waals surface area contributed by atoms with E-state index >= 15 is 0 Å². The predicted octanol–water partition coefficient (Wildman–Crippen LogP) is 10.6. The molecule has 3 nitrogen and oxygen atoms in total. The van der Waals surface area contributed by atoms with Crippen molar-refractivity contribution in [3.63, 3.8) is 0 Å². The molecule has 8 aromatic rings. The molecule has 2 heterocycles. The third kappa shape index (κ3) is 3.44. The molecule has 0 saturated carbocycles. The summed E-state index contributed by atoms with van der Waals surface area (Å²) in [4.78, 5) is 2.31. The van der Waals surface area contributed by atoms with Gasteiger partial charge in [0.2, 0.25) is 0 Å². The van der Waals surface area contributed by atoms with Gasteiger partial charge in [-0.2, -0.15) is 0 Å². The van der Waals surface area contributed by atoms with Crippen LogP contribution in [0.25, 0.3) is 55.0 Å². The molecule has 0 saturated heterocycles. The van der Waals surface area contributed by atoms with Crippen LogP contribution in [0.2, 0.25) is 0 Å². The number of furan rings is 2. The Labute approximate surface area is 225 Å². The summed E-state index contributed by atoms with van der Waals surface area (Å²) in [5.74, 6) is 0. The molecule has 184 valence electrons. The van der Waals surface area contributed by atoms with Crippen LogP contribution in [0.1, 0.15) is 0 Å². The molecule has 0 N–H and O–H groups in total. The molecule has 0 unspecified atom stereocenters. The molecule has 3 heteroatoms. The molecule has 0 fully saturated rings. The molecular formula is C36H23NO2. The third-order valence-corrected chi connectivity index (χ3v) is 7.46. The molecule has 0 aliphatic rings. The summed E-state index contributed by atoms with van der Waals surface area (Å²) >= 11 is 0. The minimum atomic E-state index is 0.860. The lowest BCUT2D eigenvalue weighted by atomic mass is 9.99. The summed E-state index contributed by atoms with van der Waals surface area (Å²) in [7, 11) is 0. The third-order valence-electron chi connectivity index (χ3n) is 7.46. The van der Waals surface area contributed by atoms with Crippen molar-refractivity contribution in [3.05, 3.63) is 140 Å². The number of nitrogens with zero attached hydrogens (tertiary/aromatic N) is 1. The van der Waals surface area contributed by atoms with Crippen molar-refractivity contribution >= 4 is 60.9 Å². The molecule has 39 heavy (non-hydrogen) atoms. The highest BCUT2D eigenvalue weighted by molar-refractivity contribution is 6.14. The summed E-state index contributed by atoms with van der Waals surface area (Å²) < 4.78 is 12.8. The monoisotopic (exact) mass is 501 g/mol.